The van der Waals surface area contributed by atoms with Crippen molar-refractivity contribution in [2.24, 2.45) is 0 Å². The summed E-state index contributed by atoms with van der Waals surface area (Å²) >= 11 is 0. The molecule has 6 heteroatoms. The van der Waals surface area contributed by atoms with E-state index in [9.17, 15) is 12.8 Å². The van der Waals surface area contributed by atoms with Gasteiger partial charge in [0.05, 0.1) is 21.9 Å². The molecule has 0 bridgehead atoms. The summed E-state index contributed by atoms with van der Waals surface area (Å²) in [6.07, 6.45) is 0. The molecule has 0 saturated heterocycles. The number of aromatic nitrogens is 1. The van der Waals surface area contributed by atoms with Crippen LogP contribution in [0.1, 0.15) is 5.56 Å². The van der Waals surface area contributed by atoms with E-state index in [1.165, 1.54) is 18.2 Å². The van der Waals surface area contributed by atoms with Crippen LogP contribution in [-0.4, -0.2) is 13.4 Å². The van der Waals surface area contributed by atoms with E-state index in [1.807, 2.05) is 54.6 Å². The molecule has 2 heterocycles. The van der Waals surface area contributed by atoms with Crippen molar-refractivity contribution in [2.75, 3.05) is 0 Å². The molecule has 0 saturated carbocycles. The standard InChI is InChI=1S/C22H14FNO2S.ClH/c23-15-10-11-20-17(12-15)22-18(13-27(20,25)26)21(14-6-2-1-3-7-14)16-8-4-5-9-19(16)24-22;/h1-12H,13H2;1H. The van der Waals surface area contributed by atoms with Crippen molar-refractivity contribution in [2.45, 2.75) is 10.6 Å². The van der Waals surface area contributed by atoms with Crippen LogP contribution in [0.4, 0.5) is 4.39 Å². The molecule has 0 unspecified atom stereocenters. The van der Waals surface area contributed by atoms with Crippen molar-refractivity contribution < 1.29 is 12.8 Å². The van der Waals surface area contributed by atoms with Crippen molar-refractivity contribution in [3.63, 3.8) is 0 Å². The van der Waals surface area contributed by atoms with Crippen LogP contribution >= 0.6 is 12.4 Å². The first-order chi connectivity index (χ1) is 13.0. The van der Waals surface area contributed by atoms with Gasteiger partial charge in [0.15, 0.2) is 9.84 Å². The maximum atomic E-state index is 14.0. The average molecular weight is 412 g/mol. The van der Waals surface area contributed by atoms with Gasteiger partial charge < -0.3 is 0 Å². The first-order valence-electron chi connectivity index (χ1n) is 8.54. The monoisotopic (exact) mass is 411 g/mol. The molecule has 0 aliphatic carbocycles. The molecule has 5 rings (SSSR count). The number of pyridine rings is 1. The lowest BCUT2D eigenvalue weighted by atomic mass is 9.92. The zero-order chi connectivity index (χ0) is 18.6. The lowest BCUT2D eigenvalue weighted by molar-refractivity contribution is 0.593. The molecule has 3 aromatic carbocycles. The normalized spacial score (nSPS) is 14.0. The zero-order valence-corrected chi connectivity index (χ0v) is 16.2. The molecule has 1 aromatic heterocycles. The third kappa shape index (κ3) is 2.79. The Balaban J connectivity index is 0.00000192. The van der Waals surface area contributed by atoms with Gasteiger partial charge in [-0.1, -0.05) is 48.5 Å². The second-order valence-electron chi connectivity index (χ2n) is 6.60. The Morgan fingerprint density at radius 3 is 2.39 bits per heavy atom. The molecule has 28 heavy (non-hydrogen) atoms. The molecular weight excluding hydrogens is 397 g/mol. The van der Waals surface area contributed by atoms with Crippen LogP contribution in [0.15, 0.2) is 77.7 Å². The molecular formula is C22H15ClFNO2S. The Labute approximate surface area is 168 Å². The maximum absolute atomic E-state index is 14.0. The van der Waals surface area contributed by atoms with Gasteiger partial charge >= 0.3 is 0 Å². The SMILES string of the molecule is Cl.O=S1(=O)Cc2c(nc3ccccc3c2-c2ccccc2)-c2cc(F)ccc21. The second kappa shape index (κ2) is 6.69. The Kier molecular flexibility index (Phi) is 4.44. The summed E-state index contributed by atoms with van der Waals surface area (Å²) in [4.78, 5) is 4.86. The van der Waals surface area contributed by atoms with Gasteiger partial charge in [-0.2, -0.15) is 0 Å². The number of fused-ring (bicyclic) bond motifs is 4. The molecule has 0 fully saturated rings. The predicted octanol–water partition coefficient (Wildman–Crippen LogP) is 5.42. The smallest absolute Gasteiger partial charge is 0.183 e. The number of benzene rings is 3. The van der Waals surface area contributed by atoms with Crippen molar-refractivity contribution in [1.82, 2.24) is 4.98 Å². The molecule has 1 aliphatic heterocycles. The molecule has 0 atom stereocenters. The van der Waals surface area contributed by atoms with Crippen molar-refractivity contribution in [1.29, 1.82) is 0 Å². The summed E-state index contributed by atoms with van der Waals surface area (Å²) in [7, 11) is -3.58. The first kappa shape index (κ1) is 18.6. The van der Waals surface area contributed by atoms with Gasteiger partial charge in [-0.3, -0.25) is 0 Å². The fraction of sp³-hybridized carbons (Fsp3) is 0.0455. The van der Waals surface area contributed by atoms with Crippen LogP contribution in [0.25, 0.3) is 33.3 Å². The van der Waals surface area contributed by atoms with Gasteiger partial charge in [-0.15, -0.1) is 12.4 Å². The summed E-state index contributed by atoms with van der Waals surface area (Å²) in [6.45, 7) is 0. The lowest BCUT2D eigenvalue weighted by Crippen LogP contribution is -2.15. The minimum Gasteiger partial charge on any atom is -0.247 e. The Morgan fingerprint density at radius 1 is 0.893 bits per heavy atom. The number of hydrogen-bond acceptors (Lipinski definition) is 3. The molecule has 140 valence electrons. The third-order valence-electron chi connectivity index (χ3n) is 4.92. The van der Waals surface area contributed by atoms with E-state index in [-0.39, 0.29) is 23.1 Å². The number of sulfone groups is 1. The molecule has 0 amide bonds. The molecule has 0 N–H and O–H groups in total. The number of para-hydroxylation sites is 1. The Hall–Kier alpha value is -2.76. The second-order valence-corrected chi connectivity index (χ2v) is 8.55. The minimum atomic E-state index is -3.58. The van der Waals surface area contributed by atoms with Crippen LogP contribution in [0, 0.1) is 5.82 Å². The number of rotatable bonds is 1. The molecule has 0 spiro atoms. The quantitative estimate of drug-likeness (QED) is 0.393. The topological polar surface area (TPSA) is 47.0 Å². The lowest BCUT2D eigenvalue weighted by Gasteiger charge is -2.23. The van der Waals surface area contributed by atoms with Crippen molar-refractivity contribution >= 4 is 33.1 Å². The van der Waals surface area contributed by atoms with Crippen molar-refractivity contribution in [3.05, 3.63) is 84.2 Å². The highest BCUT2D eigenvalue weighted by molar-refractivity contribution is 7.90. The van der Waals surface area contributed by atoms with Gasteiger partial charge in [0.2, 0.25) is 0 Å². The summed E-state index contributed by atoms with van der Waals surface area (Å²) in [5, 5.41) is 0.887. The zero-order valence-electron chi connectivity index (χ0n) is 14.6. The Morgan fingerprint density at radius 2 is 1.61 bits per heavy atom. The van der Waals surface area contributed by atoms with E-state index in [0.29, 0.717) is 16.8 Å². The van der Waals surface area contributed by atoms with Crippen LogP contribution in [-0.2, 0) is 15.6 Å². The van der Waals surface area contributed by atoms with Gasteiger partial charge in [-0.05, 0) is 35.4 Å². The van der Waals surface area contributed by atoms with E-state index in [1.54, 1.807) is 0 Å². The van der Waals surface area contributed by atoms with Crippen LogP contribution in [0.2, 0.25) is 0 Å². The van der Waals surface area contributed by atoms with Gasteiger partial charge in [0.25, 0.3) is 0 Å². The largest absolute Gasteiger partial charge is 0.247 e. The summed E-state index contributed by atoms with van der Waals surface area (Å²) in [5.74, 6) is -0.628. The van der Waals surface area contributed by atoms with E-state index in [4.69, 9.17) is 4.98 Å². The van der Waals surface area contributed by atoms with E-state index < -0.39 is 15.7 Å². The maximum Gasteiger partial charge on any atom is 0.183 e. The molecule has 4 aromatic rings. The summed E-state index contributed by atoms with van der Waals surface area (Å²) in [5.41, 5.74) is 4.01. The highest BCUT2D eigenvalue weighted by Crippen LogP contribution is 2.44. The van der Waals surface area contributed by atoms with E-state index >= 15 is 0 Å². The molecule has 3 nitrogen and oxygen atoms in total. The fourth-order valence-electron chi connectivity index (χ4n) is 3.78. The van der Waals surface area contributed by atoms with Crippen LogP contribution in [0.3, 0.4) is 0 Å². The van der Waals surface area contributed by atoms with Crippen molar-refractivity contribution in [3.8, 4) is 22.4 Å². The first-order valence-corrected chi connectivity index (χ1v) is 10.2. The summed E-state index contributed by atoms with van der Waals surface area (Å²) < 4.78 is 39.8. The third-order valence-corrected chi connectivity index (χ3v) is 6.62. The molecule has 1 aliphatic rings. The Bertz CT molecular complexity index is 1320. The van der Waals surface area contributed by atoms with E-state index in [2.05, 4.69) is 0 Å². The average Bonchev–Trinajstić information content (AvgIpc) is 2.67. The van der Waals surface area contributed by atoms with E-state index in [0.717, 1.165) is 22.0 Å². The van der Waals surface area contributed by atoms with Crippen LogP contribution < -0.4 is 0 Å². The van der Waals surface area contributed by atoms with Crippen LogP contribution in [0.5, 0.6) is 0 Å². The highest BCUT2D eigenvalue weighted by atomic mass is 35.5. The molecule has 0 radical (unpaired) electrons. The number of nitrogens with zero attached hydrogens (tertiary/aromatic N) is 1. The van der Waals surface area contributed by atoms with Gasteiger partial charge in [0.1, 0.15) is 5.82 Å². The minimum absolute atomic E-state index is 0. The number of halogens is 2. The van der Waals surface area contributed by atoms with Gasteiger partial charge in [-0.25, -0.2) is 17.8 Å². The summed E-state index contributed by atoms with van der Waals surface area (Å²) in [6, 6.07) is 21.1. The van der Waals surface area contributed by atoms with Gasteiger partial charge in [0, 0.05) is 16.5 Å². The number of hydrogen-bond donors (Lipinski definition) is 0. The predicted molar refractivity (Wildman–Crippen MR) is 111 cm³/mol. The fourth-order valence-corrected chi connectivity index (χ4v) is 5.36. The highest BCUT2D eigenvalue weighted by Gasteiger charge is 2.32.